The third-order valence-corrected chi connectivity index (χ3v) is 3.43. The van der Waals surface area contributed by atoms with E-state index in [1.54, 1.807) is 0 Å². The van der Waals surface area contributed by atoms with Crippen LogP contribution in [0.2, 0.25) is 0 Å². The molecular weight excluding hydrogens is 212 g/mol. The summed E-state index contributed by atoms with van der Waals surface area (Å²) >= 11 is 0. The molecule has 3 nitrogen and oxygen atoms in total. The fraction of sp³-hybridized carbons (Fsp3) is 0.643. The molecule has 94 valence electrons. The lowest BCUT2D eigenvalue weighted by Gasteiger charge is -2.36. The molecule has 0 bridgehead atoms. The van der Waals surface area contributed by atoms with E-state index in [-0.39, 0.29) is 5.60 Å². The second-order valence-corrected chi connectivity index (χ2v) is 5.48. The first-order chi connectivity index (χ1) is 8.07. The Labute approximate surface area is 104 Å². The Bertz CT molecular complexity index is 376. The molecule has 1 saturated heterocycles. The van der Waals surface area contributed by atoms with E-state index in [4.69, 9.17) is 4.74 Å². The van der Waals surface area contributed by atoms with E-state index >= 15 is 0 Å². The van der Waals surface area contributed by atoms with Crippen LogP contribution >= 0.6 is 0 Å². The van der Waals surface area contributed by atoms with Gasteiger partial charge < -0.3 is 10.1 Å². The molecule has 0 radical (unpaired) electrons. The van der Waals surface area contributed by atoms with Crippen molar-refractivity contribution in [2.45, 2.75) is 51.8 Å². The summed E-state index contributed by atoms with van der Waals surface area (Å²) in [5.41, 5.74) is 2.61. The lowest BCUT2D eigenvalue weighted by atomic mass is 9.94. The maximum absolute atomic E-state index is 5.72. The van der Waals surface area contributed by atoms with Crippen molar-refractivity contribution in [1.29, 1.82) is 0 Å². The number of nitrogens with one attached hydrogen (secondary N) is 1. The molecule has 0 aliphatic carbocycles. The van der Waals surface area contributed by atoms with Gasteiger partial charge in [0.05, 0.1) is 5.60 Å². The molecule has 17 heavy (non-hydrogen) atoms. The van der Waals surface area contributed by atoms with Crippen LogP contribution in [0.4, 0.5) is 0 Å². The highest BCUT2D eigenvalue weighted by molar-refractivity contribution is 5.21. The number of rotatable bonds is 3. The predicted octanol–water partition coefficient (Wildman–Crippen LogP) is 2.44. The van der Waals surface area contributed by atoms with Crippen LogP contribution in [-0.4, -0.2) is 23.2 Å². The quantitative estimate of drug-likeness (QED) is 0.872. The summed E-state index contributed by atoms with van der Waals surface area (Å²) in [5.74, 6) is 0. The highest BCUT2D eigenvalue weighted by Crippen LogP contribution is 2.24. The van der Waals surface area contributed by atoms with Crippen molar-refractivity contribution in [2.75, 3.05) is 6.61 Å². The Hall–Kier alpha value is -0.930. The van der Waals surface area contributed by atoms with Crippen molar-refractivity contribution in [3.8, 4) is 0 Å². The van der Waals surface area contributed by atoms with Gasteiger partial charge in [0.1, 0.15) is 0 Å². The number of aromatic nitrogens is 1. The minimum atomic E-state index is 0.0138. The fourth-order valence-corrected chi connectivity index (χ4v) is 2.34. The van der Waals surface area contributed by atoms with E-state index in [2.05, 4.69) is 37.1 Å². The Balaban J connectivity index is 1.88. The molecule has 1 atom stereocenters. The van der Waals surface area contributed by atoms with Crippen molar-refractivity contribution >= 4 is 0 Å². The SMILES string of the molecule is Cc1ccncc1CNC1CCOC(C)(C)C1. The average Bonchev–Trinajstić information content (AvgIpc) is 2.27. The summed E-state index contributed by atoms with van der Waals surface area (Å²) in [5, 5.41) is 3.61. The van der Waals surface area contributed by atoms with Gasteiger partial charge in [-0.1, -0.05) is 0 Å². The van der Waals surface area contributed by atoms with Gasteiger partial charge in [0, 0.05) is 31.6 Å². The molecule has 1 aromatic heterocycles. The van der Waals surface area contributed by atoms with Gasteiger partial charge in [0.25, 0.3) is 0 Å². The minimum absolute atomic E-state index is 0.0138. The lowest BCUT2D eigenvalue weighted by Crippen LogP contribution is -2.43. The molecule has 1 aliphatic rings. The zero-order valence-electron chi connectivity index (χ0n) is 11.0. The number of ether oxygens (including phenoxy) is 1. The van der Waals surface area contributed by atoms with Crippen molar-refractivity contribution in [3.63, 3.8) is 0 Å². The van der Waals surface area contributed by atoms with Crippen LogP contribution in [-0.2, 0) is 11.3 Å². The average molecular weight is 234 g/mol. The fourth-order valence-electron chi connectivity index (χ4n) is 2.34. The Morgan fingerprint density at radius 2 is 2.35 bits per heavy atom. The van der Waals surface area contributed by atoms with Gasteiger partial charge in [-0.25, -0.2) is 0 Å². The van der Waals surface area contributed by atoms with Gasteiger partial charge >= 0.3 is 0 Å². The number of aryl methyl sites for hydroxylation is 1. The zero-order valence-corrected chi connectivity index (χ0v) is 11.0. The molecular formula is C14H22N2O. The van der Waals surface area contributed by atoms with Crippen LogP contribution in [0.15, 0.2) is 18.5 Å². The van der Waals surface area contributed by atoms with Crippen molar-refractivity contribution in [2.24, 2.45) is 0 Å². The van der Waals surface area contributed by atoms with E-state index in [9.17, 15) is 0 Å². The summed E-state index contributed by atoms with van der Waals surface area (Å²) < 4.78 is 5.72. The van der Waals surface area contributed by atoms with E-state index in [0.717, 1.165) is 26.0 Å². The summed E-state index contributed by atoms with van der Waals surface area (Å²) in [4.78, 5) is 4.17. The Kier molecular flexibility index (Phi) is 3.79. The molecule has 0 aromatic carbocycles. The Morgan fingerprint density at radius 1 is 1.53 bits per heavy atom. The highest BCUT2D eigenvalue weighted by Gasteiger charge is 2.28. The molecule has 1 fully saturated rings. The smallest absolute Gasteiger partial charge is 0.0641 e. The first kappa shape index (κ1) is 12.5. The molecule has 0 spiro atoms. The topological polar surface area (TPSA) is 34.2 Å². The predicted molar refractivity (Wildman–Crippen MR) is 68.9 cm³/mol. The van der Waals surface area contributed by atoms with Gasteiger partial charge in [-0.15, -0.1) is 0 Å². The second kappa shape index (κ2) is 5.15. The van der Waals surface area contributed by atoms with Gasteiger partial charge in [0.2, 0.25) is 0 Å². The molecule has 1 aromatic rings. The molecule has 2 rings (SSSR count). The van der Waals surface area contributed by atoms with Crippen LogP contribution < -0.4 is 5.32 Å². The number of nitrogens with zero attached hydrogens (tertiary/aromatic N) is 1. The third kappa shape index (κ3) is 3.51. The summed E-state index contributed by atoms with van der Waals surface area (Å²) in [7, 11) is 0. The number of hydrogen-bond donors (Lipinski definition) is 1. The molecule has 3 heteroatoms. The van der Waals surface area contributed by atoms with Crippen LogP contribution in [0.25, 0.3) is 0 Å². The van der Waals surface area contributed by atoms with Crippen LogP contribution in [0.3, 0.4) is 0 Å². The molecule has 0 amide bonds. The van der Waals surface area contributed by atoms with Gasteiger partial charge in [-0.2, -0.15) is 0 Å². The molecule has 1 unspecified atom stereocenters. The summed E-state index contributed by atoms with van der Waals surface area (Å²) in [6, 6.07) is 2.61. The Morgan fingerprint density at radius 3 is 3.06 bits per heavy atom. The van der Waals surface area contributed by atoms with Crippen LogP contribution in [0, 0.1) is 6.92 Å². The van der Waals surface area contributed by atoms with E-state index in [0.29, 0.717) is 6.04 Å². The monoisotopic (exact) mass is 234 g/mol. The van der Waals surface area contributed by atoms with E-state index in [1.807, 2.05) is 12.4 Å². The highest BCUT2D eigenvalue weighted by atomic mass is 16.5. The minimum Gasteiger partial charge on any atom is -0.375 e. The first-order valence-corrected chi connectivity index (χ1v) is 6.34. The van der Waals surface area contributed by atoms with Crippen molar-refractivity contribution < 1.29 is 4.74 Å². The van der Waals surface area contributed by atoms with Crippen molar-refractivity contribution in [1.82, 2.24) is 10.3 Å². The zero-order chi connectivity index (χ0) is 12.3. The number of pyridine rings is 1. The van der Waals surface area contributed by atoms with Crippen LogP contribution in [0.1, 0.15) is 37.8 Å². The van der Waals surface area contributed by atoms with Gasteiger partial charge in [0.15, 0.2) is 0 Å². The number of hydrogen-bond acceptors (Lipinski definition) is 3. The van der Waals surface area contributed by atoms with E-state index < -0.39 is 0 Å². The second-order valence-electron chi connectivity index (χ2n) is 5.48. The van der Waals surface area contributed by atoms with Gasteiger partial charge in [-0.05, 0) is 50.8 Å². The van der Waals surface area contributed by atoms with Gasteiger partial charge in [-0.3, -0.25) is 4.98 Å². The molecule has 1 aliphatic heterocycles. The maximum atomic E-state index is 5.72. The van der Waals surface area contributed by atoms with Crippen molar-refractivity contribution in [3.05, 3.63) is 29.6 Å². The lowest BCUT2D eigenvalue weighted by molar-refractivity contribution is -0.0630. The third-order valence-electron chi connectivity index (χ3n) is 3.43. The van der Waals surface area contributed by atoms with E-state index in [1.165, 1.54) is 11.1 Å². The standard InChI is InChI=1S/C14H22N2O/c1-11-4-6-15-9-12(11)10-16-13-5-7-17-14(2,3)8-13/h4,6,9,13,16H,5,7-8,10H2,1-3H3. The molecule has 2 heterocycles. The maximum Gasteiger partial charge on any atom is 0.0641 e. The normalized spacial score (nSPS) is 23.6. The summed E-state index contributed by atoms with van der Waals surface area (Å²) in [6.45, 7) is 8.22. The summed E-state index contributed by atoms with van der Waals surface area (Å²) in [6.07, 6.45) is 5.97. The first-order valence-electron chi connectivity index (χ1n) is 6.34. The largest absolute Gasteiger partial charge is 0.375 e. The molecule has 1 N–H and O–H groups in total. The van der Waals surface area contributed by atoms with Crippen LogP contribution in [0.5, 0.6) is 0 Å². The molecule has 0 saturated carbocycles.